The van der Waals surface area contributed by atoms with E-state index in [1.54, 1.807) is 0 Å². The van der Waals surface area contributed by atoms with Crippen LogP contribution in [-0.4, -0.2) is 49.2 Å². The van der Waals surface area contributed by atoms with Gasteiger partial charge in [0, 0.05) is 0 Å². The van der Waals surface area contributed by atoms with Crippen molar-refractivity contribution in [1.82, 2.24) is 0 Å². The Morgan fingerprint density at radius 2 is 1.33 bits per heavy atom. The van der Waals surface area contributed by atoms with Crippen molar-refractivity contribution in [2.24, 2.45) is 0 Å². The predicted molar refractivity (Wildman–Crippen MR) is 47.5 cm³/mol. The van der Waals surface area contributed by atoms with E-state index in [-0.39, 0.29) is 38.6 Å². The second kappa shape index (κ2) is 16.7. The van der Waals surface area contributed by atoms with Crippen LogP contribution in [0.15, 0.2) is 0 Å². The summed E-state index contributed by atoms with van der Waals surface area (Å²) in [7, 11) is 0. The molecular weight excluding hydrogens is 389 g/mol. The fourth-order valence-corrected chi connectivity index (χ4v) is 1.37. The third-order valence-corrected chi connectivity index (χ3v) is 2.37. The van der Waals surface area contributed by atoms with E-state index in [2.05, 4.69) is 0 Å². The molecule has 0 saturated heterocycles. The Kier molecular flexibility index (Phi) is 32.1. The summed E-state index contributed by atoms with van der Waals surface area (Å²) in [5.41, 5.74) is 0. The quantitative estimate of drug-likeness (QED) is 0.291. The van der Waals surface area contributed by atoms with Gasteiger partial charge in [0.2, 0.25) is 0 Å². The summed E-state index contributed by atoms with van der Waals surface area (Å²) >= 11 is 11.3. The molecule has 0 N–H and O–H groups in total. The minimum atomic E-state index is 0. The van der Waals surface area contributed by atoms with E-state index in [0.717, 1.165) is 23.0 Å². The van der Waals surface area contributed by atoms with Crippen LogP contribution in [0.1, 0.15) is 0 Å². The summed E-state index contributed by atoms with van der Waals surface area (Å²) < 4.78 is 0. The average molecular weight is 397 g/mol. The van der Waals surface area contributed by atoms with Gasteiger partial charge in [-0.25, -0.2) is 0 Å². The summed E-state index contributed by atoms with van der Waals surface area (Å²) in [4.78, 5) is 0. The molecule has 0 aromatic carbocycles. The normalized spacial score (nSPS) is 7.33. The Balaban J connectivity index is -0.000000180. The van der Waals surface area contributed by atoms with Crippen molar-refractivity contribution < 1.29 is 12.4 Å². The minimum Gasteiger partial charge on any atom is -1.00 e. The Morgan fingerprint density at radius 1 is 1.00 bits per heavy atom. The summed E-state index contributed by atoms with van der Waals surface area (Å²) in [5.74, 6) is 3.90. The van der Waals surface area contributed by atoms with Gasteiger partial charge in [-0.3, -0.25) is 0 Å². The van der Waals surface area contributed by atoms with Gasteiger partial charge in [-0.1, -0.05) is 0 Å². The first-order chi connectivity index (χ1) is 3.41. The van der Waals surface area contributed by atoms with E-state index in [1.165, 1.54) is 0 Å². The average Bonchev–Trinajstić information content (AvgIpc) is 1.69. The second-order valence-electron chi connectivity index (χ2n) is 1.02. The third kappa shape index (κ3) is 17.9. The number of hydrogen-bond acceptors (Lipinski definition) is 3. The molecule has 0 aliphatic carbocycles. The van der Waals surface area contributed by atoms with Crippen LogP contribution < -0.4 is 12.4 Å². The number of hydrogen-bond donors (Lipinski definition) is 0. The largest absolute Gasteiger partial charge is 3.00 e. The zero-order valence-corrected chi connectivity index (χ0v) is 11.6. The van der Waals surface area contributed by atoms with Crippen LogP contribution in [-0.2, 0) is 25.3 Å². The molecule has 0 amide bonds. The smallest absolute Gasteiger partial charge is 1.00 e. The molecular formula is C4H8BiClS3. The fourth-order valence-electron chi connectivity index (χ4n) is 0.220. The van der Waals surface area contributed by atoms with Crippen molar-refractivity contribution >= 4 is 63.2 Å². The van der Waals surface area contributed by atoms with E-state index >= 15 is 0 Å². The standard InChI is InChI=1S/C4H10S3.Bi.ClH/c5-1-3-7-4-2-6;;/h5-6H,1-4H2;;1H/q;+3;/p-3. The Labute approximate surface area is 97.7 Å². The van der Waals surface area contributed by atoms with E-state index in [1.807, 2.05) is 11.8 Å². The van der Waals surface area contributed by atoms with Crippen LogP contribution in [0.3, 0.4) is 0 Å². The number of rotatable bonds is 4. The zero-order valence-electron chi connectivity index (χ0n) is 4.88. The van der Waals surface area contributed by atoms with Crippen molar-refractivity contribution in [2.45, 2.75) is 0 Å². The molecule has 0 rings (SSSR count). The summed E-state index contributed by atoms with van der Waals surface area (Å²) in [6.45, 7) is 0. The van der Waals surface area contributed by atoms with Gasteiger partial charge in [-0.15, -0.1) is 0 Å². The van der Waals surface area contributed by atoms with Gasteiger partial charge in [0.1, 0.15) is 0 Å². The van der Waals surface area contributed by atoms with E-state index in [0.29, 0.717) is 0 Å². The third-order valence-electron chi connectivity index (χ3n) is 0.455. The molecule has 5 heteroatoms. The second-order valence-corrected chi connectivity index (χ2v) is 3.06. The van der Waals surface area contributed by atoms with Crippen LogP contribution in [0.4, 0.5) is 0 Å². The molecule has 0 aliphatic rings. The Morgan fingerprint density at radius 3 is 1.56 bits per heavy atom. The first-order valence-corrected chi connectivity index (χ1v) is 4.46. The molecule has 2 radical (unpaired) electrons. The molecule has 0 fully saturated rings. The molecule has 0 bridgehead atoms. The van der Waals surface area contributed by atoms with Crippen LogP contribution in [0, 0.1) is 0 Å². The fraction of sp³-hybridized carbons (Fsp3) is 1.00. The van der Waals surface area contributed by atoms with E-state index in [4.69, 9.17) is 25.3 Å². The molecule has 0 aliphatic heterocycles. The molecule has 0 aromatic rings. The molecule has 0 heterocycles. The molecule has 0 saturated carbocycles. The van der Waals surface area contributed by atoms with Crippen LogP contribution in [0.25, 0.3) is 0 Å². The first-order valence-electron chi connectivity index (χ1n) is 2.15. The molecule has 0 nitrogen and oxygen atoms in total. The van der Waals surface area contributed by atoms with Crippen molar-refractivity contribution in [3.05, 3.63) is 0 Å². The Bertz CT molecular complexity index is 35.0. The van der Waals surface area contributed by atoms with E-state index < -0.39 is 0 Å². The van der Waals surface area contributed by atoms with Gasteiger partial charge in [-0.05, 0) is 11.5 Å². The van der Waals surface area contributed by atoms with Gasteiger partial charge in [0.25, 0.3) is 0 Å². The summed E-state index contributed by atoms with van der Waals surface area (Å²) in [6.07, 6.45) is 0. The van der Waals surface area contributed by atoms with Crippen molar-refractivity contribution in [2.75, 3.05) is 23.0 Å². The van der Waals surface area contributed by atoms with Crippen LogP contribution in [0.5, 0.6) is 0 Å². The van der Waals surface area contributed by atoms with Crippen molar-refractivity contribution in [3.8, 4) is 0 Å². The maximum Gasteiger partial charge on any atom is 3.00 e. The topological polar surface area (TPSA) is 0 Å². The predicted octanol–water partition coefficient (Wildman–Crippen LogP) is -2.56. The minimum absolute atomic E-state index is 0. The molecule has 9 heavy (non-hydrogen) atoms. The van der Waals surface area contributed by atoms with Crippen molar-refractivity contribution in [1.29, 1.82) is 0 Å². The molecule has 0 spiro atoms. The summed E-state index contributed by atoms with van der Waals surface area (Å²) in [6, 6.07) is 0. The van der Waals surface area contributed by atoms with Gasteiger partial charge in [0.05, 0.1) is 0 Å². The van der Waals surface area contributed by atoms with Gasteiger partial charge >= 0.3 is 26.2 Å². The maximum absolute atomic E-state index is 4.71. The summed E-state index contributed by atoms with van der Waals surface area (Å²) in [5, 5.41) is 0. The molecule has 0 aromatic heterocycles. The van der Waals surface area contributed by atoms with Gasteiger partial charge in [-0.2, -0.15) is 23.3 Å². The maximum atomic E-state index is 4.71. The molecule has 54 valence electrons. The van der Waals surface area contributed by atoms with Gasteiger partial charge < -0.3 is 37.7 Å². The van der Waals surface area contributed by atoms with E-state index in [9.17, 15) is 0 Å². The zero-order chi connectivity index (χ0) is 5.54. The molecule has 0 unspecified atom stereocenters. The Hall–Kier alpha value is 2.22. The number of halogens is 1. The number of thioether (sulfide) groups is 1. The van der Waals surface area contributed by atoms with Crippen molar-refractivity contribution in [3.63, 3.8) is 0 Å². The SMILES string of the molecule is [Bi+3].[Cl-].[S-]CCSCC[S-]. The van der Waals surface area contributed by atoms with Gasteiger partial charge in [0.15, 0.2) is 0 Å². The van der Waals surface area contributed by atoms with Crippen LogP contribution in [0.2, 0.25) is 0 Å². The monoisotopic (exact) mass is 396 g/mol. The molecule has 0 atom stereocenters. The van der Waals surface area contributed by atoms with Crippen LogP contribution >= 0.6 is 11.8 Å². The first kappa shape index (κ1) is 17.3.